The van der Waals surface area contributed by atoms with E-state index >= 15 is 0 Å². The van der Waals surface area contributed by atoms with E-state index in [4.69, 9.17) is 20.2 Å². The van der Waals surface area contributed by atoms with Gasteiger partial charge in [0.05, 0.1) is 56.6 Å². The van der Waals surface area contributed by atoms with Gasteiger partial charge in [0.2, 0.25) is 0 Å². The number of alkyl halides is 3. The molecule has 2 aromatic carbocycles. The molecular formula is C25H28F3N7O2. The van der Waals surface area contributed by atoms with Crippen LogP contribution in [0.15, 0.2) is 55.0 Å². The van der Waals surface area contributed by atoms with Gasteiger partial charge in [-0.2, -0.15) is 18.3 Å². The van der Waals surface area contributed by atoms with Crippen molar-refractivity contribution in [3.05, 3.63) is 55.0 Å². The number of anilines is 2. The van der Waals surface area contributed by atoms with Crippen LogP contribution in [0.4, 0.5) is 24.5 Å². The van der Waals surface area contributed by atoms with Gasteiger partial charge < -0.3 is 20.1 Å². The van der Waals surface area contributed by atoms with Gasteiger partial charge in [-0.05, 0) is 31.2 Å². The number of rotatable bonds is 11. The Morgan fingerprint density at radius 2 is 1.76 bits per heavy atom. The summed E-state index contributed by atoms with van der Waals surface area (Å²) in [6.45, 7) is 0.00540. The number of methoxy groups -OCH3 is 2. The third-order valence-corrected chi connectivity index (χ3v) is 5.60. The van der Waals surface area contributed by atoms with Crippen molar-refractivity contribution in [1.82, 2.24) is 25.1 Å². The minimum Gasteiger partial charge on any atom is -0.497 e. The summed E-state index contributed by atoms with van der Waals surface area (Å²) in [5.41, 5.74) is 9.44. The topological polar surface area (TPSA) is 103 Å². The lowest BCUT2D eigenvalue weighted by atomic mass is 10.2. The van der Waals surface area contributed by atoms with Crippen molar-refractivity contribution in [2.75, 3.05) is 38.9 Å². The highest BCUT2D eigenvalue weighted by Crippen LogP contribution is 2.34. The molecule has 12 heteroatoms. The van der Waals surface area contributed by atoms with Gasteiger partial charge in [-0.3, -0.25) is 15.0 Å². The molecule has 37 heavy (non-hydrogen) atoms. The maximum absolute atomic E-state index is 12.9. The van der Waals surface area contributed by atoms with Gasteiger partial charge in [0, 0.05) is 47.9 Å². The molecule has 0 amide bonds. The zero-order chi connectivity index (χ0) is 26.4. The van der Waals surface area contributed by atoms with Crippen molar-refractivity contribution < 1.29 is 22.6 Å². The van der Waals surface area contributed by atoms with E-state index in [0.29, 0.717) is 52.7 Å². The molecule has 0 saturated heterocycles. The monoisotopic (exact) mass is 515 g/mol. The Balaban J connectivity index is 1.71. The van der Waals surface area contributed by atoms with Crippen LogP contribution >= 0.6 is 0 Å². The van der Waals surface area contributed by atoms with Crippen LogP contribution in [-0.2, 0) is 6.54 Å². The molecule has 0 fully saturated rings. The first-order valence-corrected chi connectivity index (χ1v) is 11.6. The summed E-state index contributed by atoms with van der Waals surface area (Å²) in [7, 11) is 3.02. The van der Waals surface area contributed by atoms with Gasteiger partial charge in [0.25, 0.3) is 0 Å². The van der Waals surface area contributed by atoms with Crippen molar-refractivity contribution in [2.45, 2.75) is 19.1 Å². The van der Waals surface area contributed by atoms with Crippen LogP contribution in [0.3, 0.4) is 0 Å². The summed E-state index contributed by atoms with van der Waals surface area (Å²) in [5, 5.41) is 6.81. The quantitative estimate of drug-likeness (QED) is 0.288. The number of nitrogens with zero attached hydrogens (tertiary/aromatic N) is 5. The van der Waals surface area contributed by atoms with Crippen LogP contribution in [0.1, 0.15) is 6.42 Å². The number of nitrogens with one attached hydrogen (secondary N) is 1. The van der Waals surface area contributed by atoms with Gasteiger partial charge >= 0.3 is 6.18 Å². The fourth-order valence-electron chi connectivity index (χ4n) is 3.77. The maximum Gasteiger partial charge on any atom is 0.401 e. The molecule has 0 aliphatic rings. The number of aromatic nitrogens is 4. The fraction of sp³-hybridized carbons (Fsp3) is 0.320. The lowest BCUT2D eigenvalue weighted by Crippen LogP contribution is -2.37. The second-order valence-electron chi connectivity index (χ2n) is 8.26. The number of nitrogens with two attached hydrogens (primary N) is 1. The van der Waals surface area contributed by atoms with Crippen molar-refractivity contribution in [2.24, 2.45) is 5.73 Å². The van der Waals surface area contributed by atoms with E-state index in [9.17, 15) is 13.2 Å². The molecule has 4 aromatic rings. The van der Waals surface area contributed by atoms with Crippen molar-refractivity contribution >= 4 is 22.4 Å². The van der Waals surface area contributed by atoms with Crippen molar-refractivity contribution in [3.8, 4) is 22.8 Å². The summed E-state index contributed by atoms with van der Waals surface area (Å²) >= 11 is 0. The molecule has 0 bridgehead atoms. The molecule has 0 aliphatic heterocycles. The Hall–Kier alpha value is -3.90. The second kappa shape index (κ2) is 11.4. The summed E-state index contributed by atoms with van der Waals surface area (Å²) in [6, 6.07) is 10.5. The average Bonchev–Trinajstić information content (AvgIpc) is 3.37. The Morgan fingerprint density at radius 1 is 1.00 bits per heavy atom. The highest BCUT2D eigenvalue weighted by Gasteiger charge is 2.27. The number of aryl methyl sites for hydroxylation is 1. The summed E-state index contributed by atoms with van der Waals surface area (Å²) in [5.74, 6) is 1.01. The van der Waals surface area contributed by atoms with E-state index in [1.807, 2.05) is 6.20 Å². The number of halogens is 3. The van der Waals surface area contributed by atoms with Gasteiger partial charge in [-0.25, -0.2) is 4.98 Å². The van der Waals surface area contributed by atoms with Crippen LogP contribution in [0.25, 0.3) is 22.3 Å². The van der Waals surface area contributed by atoms with E-state index in [0.717, 1.165) is 12.0 Å². The summed E-state index contributed by atoms with van der Waals surface area (Å²) < 4.78 is 51.2. The number of ether oxygens (including phenoxy) is 2. The Morgan fingerprint density at radius 3 is 2.43 bits per heavy atom. The molecule has 0 spiro atoms. The molecule has 2 aromatic heterocycles. The van der Waals surface area contributed by atoms with Gasteiger partial charge in [-0.15, -0.1) is 0 Å². The number of hydrogen-bond acceptors (Lipinski definition) is 8. The van der Waals surface area contributed by atoms with Crippen LogP contribution in [0.2, 0.25) is 0 Å². The first-order valence-electron chi connectivity index (χ1n) is 11.6. The number of benzene rings is 2. The highest BCUT2D eigenvalue weighted by atomic mass is 19.4. The standard InChI is InChI=1S/C25H28F3N7O2/c1-36-20-8-19(9-21(11-20)37-2)35(16-30-15-25(26,27)28)18-4-5-22-23(10-18)33-24(13-31-22)17-12-32-34(14-17)7-3-6-29/h4-5,8-14,30H,3,6-7,15-16,29H2,1-2H3. The molecule has 3 N–H and O–H groups in total. The van der Waals surface area contributed by atoms with Crippen LogP contribution in [-0.4, -0.2) is 59.9 Å². The minimum absolute atomic E-state index is 0.123. The van der Waals surface area contributed by atoms with Crippen molar-refractivity contribution in [1.29, 1.82) is 0 Å². The summed E-state index contributed by atoms with van der Waals surface area (Å²) in [4.78, 5) is 10.9. The molecule has 196 valence electrons. The fourth-order valence-corrected chi connectivity index (χ4v) is 3.77. The van der Waals surface area contributed by atoms with Crippen molar-refractivity contribution in [3.63, 3.8) is 0 Å². The molecule has 0 radical (unpaired) electrons. The van der Waals surface area contributed by atoms with E-state index in [2.05, 4.69) is 15.4 Å². The van der Waals surface area contributed by atoms with Gasteiger partial charge in [-0.1, -0.05) is 0 Å². The Labute approximate surface area is 212 Å². The molecular weight excluding hydrogens is 487 g/mol. The molecule has 0 aliphatic carbocycles. The molecule has 4 rings (SSSR count). The van der Waals surface area contributed by atoms with E-state index < -0.39 is 12.7 Å². The zero-order valence-electron chi connectivity index (χ0n) is 20.5. The lowest BCUT2D eigenvalue weighted by Gasteiger charge is -2.27. The predicted molar refractivity (Wildman–Crippen MR) is 135 cm³/mol. The normalized spacial score (nSPS) is 11.6. The Bertz CT molecular complexity index is 1320. The summed E-state index contributed by atoms with van der Waals surface area (Å²) in [6.07, 6.45) is 1.72. The highest BCUT2D eigenvalue weighted by molar-refractivity contribution is 5.82. The van der Waals surface area contributed by atoms with Gasteiger partial charge in [0.15, 0.2) is 0 Å². The largest absolute Gasteiger partial charge is 0.497 e. The lowest BCUT2D eigenvalue weighted by molar-refractivity contribution is -0.124. The third-order valence-electron chi connectivity index (χ3n) is 5.60. The molecule has 0 saturated carbocycles. The molecule has 2 heterocycles. The zero-order valence-corrected chi connectivity index (χ0v) is 20.5. The van der Waals surface area contributed by atoms with Crippen LogP contribution < -0.4 is 25.4 Å². The van der Waals surface area contributed by atoms with E-state index in [-0.39, 0.29) is 6.67 Å². The smallest absolute Gasteiger partial charge is 0.401 e. The van der Waals surface area contributed by atoms with E-state index in [1.165, 1.54) is 14.2 Å². The van der Waals surface area contributed by atoms with Crippen LogP contribution in [0, 0.1) is 0 Å². The van der Waals surface area contributed by atoms with Crippen LogP contribution in [0.5, 0.6) is 11.5 Å². The first kappa shape index (κ1) is 26.2. The average molecular weight is 516 g/mol. The second-order valence-corrected chi connectivity index (χ2v) is 8.26. The molecule has 9 nitrogen and oxygen atoms in total. The van der Waals surface area contributed by atoms with E-state index in [1.54, 1.807) is 58.4 Å². The number of fused-ring (bicyclic) bond motifs is 1. The Kier molecular flexibility index (Phi) is 8.09. The minimum atomic E-state index is -4.35. The molecule has 0 atom stereocenters. The third kappa shape index (κ3) is 6.66. The maximum atomic E-state index is 12.9. The SMILES string of the molecule is COc1cc(OC)cc(N(CNCC(F)(F)F)c2ccc3ncc(-c4cnn(CCCN)c4)nc3c2)c1. The van der Waals surface area contributed by atoms with Gasteiger partial charge in [0.1, 0.15) is 11.5 Å². The first-order chi connectivity index (χ1) is 17.8. The number of hydrogen-bond donors (Lipinski definition) is 2. The predicted octanol–water partition coefficient (Wildman–Crippen LogP) is 4.11. The molecule has 0 unspecified atom stereocenters.